The van der Waals surface area contributed by atoms with Gasteiger partial charge in [0.05, 0.1) is 17.9 Å². The van der Waals surface area contributed by atoms with Gasteiger partial charge in [-0.3, -0.25) is 4.79 Å². The summed E-state index contributed by atoms with van der Waals surface area (Å²) >= 11 is 0. The third kappa shape index (κ3) is 5.00. The molecule has 2 atom stereocenters. The quantitative estimate of drug-likeness (QED) is 0.771. The summed E-state index contributed by atoms with van der Waals surface area (Å²) in [6.07, 6.45) is 4.05. The zero-order valence-electron chi connectivity index (χ0n) is 12.8. The van der Waals surface area contributed by atoms with Crippen LogP contribution in [0, 0.1) is 5.92 Å². The van der Waals surface area contributed by atoms with Crippen LogP contribution >= 0.6 is 0 Å². The van der Waals surface area contributed by atoms with Gasteiger partial charge in [-0.1, -0.05) is 12.1 Å². The minimum Gasteiger partial charge on any atom is -0.472 e. The average molecular weight is 307 g/mol. The Balaban J connectivity index is 1.72. The number of furan rings is 1. The molecular formula is C15H21N3O4. The van der Waals surface area contributed by atoms with Crippen LogP contribution in [0.25, 0.3) is 11.4 Å². The highest BCUT2D eigenvalue weighted by molar-refractivity contribution is 5.76. The van der Waals surface area contributed by atoms with Crippen LogP contribution in [0.4, 0.5) is 0 Å². The van der Waals surface area contributed by atoms with Crippen molar-refractivity contribution in [1.29, 1.82) is 0 Å². The first kappa shape index (κ1) is 16.2. The molecule has 0 bridgehead atoms. The zero-order chi connectivity index (χ0) is 15.9. The number of rotatable bonds is 8. The molecule has 0 aliphatic heterocycles. The number of nitrogens with zero attached hydrogens (tertiary/aromatic N) is 2. The second-order valence-electron chi connectivity index (χ2n) is 5.52. The standard InChI is InChI=1S/C15H21N3O4/c1-10(7-11(2)19)8-16-13(20)3-4-14-17-15(18-22-14)12-5-6-21-9-12/h5-6,9-11,19H,3-4,7-8H2,1-2H3,(H,16,20). The number of aliphatic hydroxyl groups is 1. The van der Waals surface area contributed by atoms with Gasteiger partial charge in [-0.15, -0.1) is 0 Å². The Kier molecular flexibility index (Phi) is 5.71. The highest BCUT2D eigenvalue weighted by atomic mass is 16.5. The summed E-state index contributed by atoms with van der Waals surface area (Å²) in [5.41, 5.74) is 0.742. The first-order chi connectivity index (χ1) is 10.5. The van der Waals surface area contributed by atoms with Crippen molar-refractivity contribution in [2.24, 2.45) is 5.92 Å². The molecule has 2 rings (SSSR count). The third-order valence-corrected chi connectivity index (χ3v) is 3.20. The largest absolute Gasteiger partial charge is 0.472 e. The smallest absolute Gasteiger partial charge is 0.227 e. The predicted octanol–water partition coefficient (Wildman–Crippen LogP) is 1.79. The summed E-state index contributed by atoms with van der Waals surface area (Å²) in [4.78, 5) is 16.0. The number of amides is 1. The monoisotopic (exact) mass is 307 g/mol. The normalized spacial score (nSPS) is 13.8. The minimum absolute atomic E-state index is 0.0690. The molecule has 1 amide bonds. The fourth-order valence-corrected chi connectivity index (χ4v) is 2.13. The van der Waals surface area contributed by atoms with Gasteiger partial charge in [0, 0.05) is 19.4 Å². The molecule has 2 aromatic rings. The fraction of sp³-hybridized carbons (Fsp3) is 0.533. The number of aromatic nitrogens is 2. The lowest BCUT2D eigenvalue weighted by Crippen LogP contribution is -2.29. The van der Waals surface area contributed by atoms with E-state index in [1.807, 2.05) is 6.92 Å². The van der Waals surface area contributed by atoms with Gasteiger partial charge in [-0.2, -0.15) is 4.98 Å². The van der Waals surface area contributed by atoms with Crippen molar-refractivity contribution < 1.29 is 18.8 Å². The minimum atomic E-state index is -0.355. The second kappa shape index (κ2) is 7.74. The maximum Gasteiger partial charge on any atom is 0.227 e. The molecule has 0 aliphatic carbocycles. The van der Waals surface area contributed by atoms with E-state index in [2.05, 4.69) is 15.5 Å². The molecule has 120 valence electrons. The van der Waals surface area contributed by atoms with E-state index in [9.17, 15) is 9.90 Å². The lowest BCUT2D eigenvalue weighted by Gasteiger charge is -2.13. The molecule has 0 radical (unpaired) electrons. The summed E-state index contributed by atoms with van der Waals surface area (Å²) < 4.78 is 10.1. The number of nitrogens with one attached hydrogen (secondary N) is 1. The highest BCUT2D eigenvalue weighted by Gasteiger charge is 2.12. The Morgan fingerprint density at radius 3 is 2.95 bits per heavy atom. The van der Waals surface area contributed by atoms with E-state index in [0.717, 1.165) is 5.56 Å². The maximum absolute atomic E-state index is 11.8. The molecule has 2 N–H and O–H groups in total. The number of hydrogen-bond acceptors (Lipinski definition) is 6. The molecular weight excluding hydrogens is 286 g/mol. The van der Waals surface area contributed by atoms with Crippen molar-refractivity contribution in [3.63, 3.8) is 0 Å². The number of carbonyl (C=O) groups excluding carboxylic acids is 1. The van der Waals surface area contributed by atoms with Crippen molar-refractivity contribution in [2.45, 2.75) is 39.2 Å². The van der Waals surface area contributed by atoms with Crippen LogP contribution < -0.4 is 5.32 Å². The van der Waals surface area contributed by atoms with Crippen LogP contribution in [0.3, 0.4) is 0 Å². The summed E-state index contributed by atoms with van der Waals surface area (Å²) in [5, 5.41) is 15.9. The third-order valence-electron chi connectivity index (χ3n) is 3.20. The van der Waals surface area contributed by atoms with Gasteiger partial charge in [-0.25, -0.2) is 0 Å². The molecule has 0 spiro atoms. The van der Waals surface area contributed by atoms with Gasteiger partial charge < -0.3 is 19.4 Å². The Labute approximate surface area is 128 Å². The molecule has 0 aromatic carbocycles. The Morgan fingerprint density at radius 1 is 1.45 bits per heavy atom. The van der Waals surface area contributed by atoms with Crippen molar-refractivity contribution in [3.8, 4) is 11.4 Å². The molecule has 0 fully saturated rings. The Morgan fingerprint density at radius 2 is 2.27 bits per heavy atom. The molecule has 0 saturated carbocycles. The number of hydrogen-bond donors (Lipinski definition) is 2. The van der Waals surface area contributed by atoms with E-state index in [0.29, 0.717) is 31.1 Å². The van der Waals surface area contributed by atoms with Crippen LogP contribution in [0.5, 0.6) is 0 Å². The van der Waals surface area contributed by atoms with Crippen LogP contribution in [0.2, 0.25) is 0 Å². The van der Waals surface area contributed by atoms with Gasteiger partial charge in [0.25, 0.3) is 0 Å². The van der Waals surface area contributed by atoms with Gasteiger partial charge in [0.15, 0.2) is 0 Å². The average Bonchev–Trinajstić information content (AvgIpc) is 3.12. The van der Waals surface area contributed by atoms with Crippen LogP contribution in [-0.2, 0) is 11.2 Å². The van der Waals surface area contributed by atoms with Crippen LogP contribution in [0.1, 0.15) is 32.6 Å². The topological polar surface area (TPSA) is 101 Å². The second-order valence-corrected chi connectivity index (χ2v) is 5.52. The van der Waals surface area contributed by atoms with E-state index < -0.39 is 0 Å². The molecule has 22 heavy (non-hydrogen) atoms. The van der Waals surface area contributed by atoms with Gasteiger partial charge in [-0.05, 0) is 25.3 Å². The fourth-order valence-electron chi connectivity index (χ4n) is 2.13. The van der Waals surface area contributed by atoms with Crippen molar-refractivity contribution in [3.05, 3.63) is 24.5 Å². The summed E-state index contributed by atoms with van der Waals surface area (Å²) in [5.74, 6) is 1.04. The number of carbonyl (C=O) groups is 1. The SMILES string of the molecule is CC(O)CC(C)CNC(=O)CCc1nc(-c2ccoc2)no1. The van der Waals surface area contributed by atoms with Crippen molar-refractivity contribution in [2.75, 3.05) is 6.54 Å². The van der Waals surface area contributed by atoms with Gasteiger partial charge in [0.1, 0.15) is 6.26 Å². The lowest BCUT2D eigenvalue weighted by molar-refractivity contribution is -0.121. The Bertz CT molecular complexity index is 577. The maximum atomic E-state index is 11.8. The summed E-state index contributed by atoms with van der Waals surface area (Å²) in [7, 11) is 0. The molecule has 0 saturated heterocycles. The molecule has 2 heterocycles. The molecule has 0 aliphatic rings. The van der Waals surface area contributed by atoms with E-state index in [-0.39, 0.29) is 24.3 Å². The zero-order valence-corrected chi connectivity index (χ0v) is 12.8. The van der Waals surface area contributed by atoms with E-state index in [1.165, 1.54) is 12.5 Å². The number of aliphatic hydroxyl groups excluding tert-OH is 1. The van der Waals surface area contributed by atoms with E-state index in [1.54, 1.807) is 13.0 Å². The molecule has 7 nitrogen and oxygen atoms in total. The summed E-state index contributed by atoms with van der Waals surface area (Å²) in [6, 6.07) is 1.74. The van der Waals surface area contributed by atoms with Crippen LogP contribution in [0.15, 0.2) is 27.5 Å². The Hall–Kier alpha value is -2.15. The molecule has 2 aromatic heterocycles. The van der Waals surface area contributed by atoms with Gasteiger partial charge in [0.2, 0.25) is 17.6 Å². The molecule has 2 unspecified atom stereocenters. The first-order valence-corrected chi connectivity index (χ1v) is 7.34. The van der Waals surface area contributed by atoms with Crippen molar-refractivity contribution >= 4 is 5.91 Å². The highest BCUT2D eigenvalue weighted by Crippen LogP contribution is 2.16. The first-order valence-electron chi connectivity index (χ1n) is 7.34. The number of aryl methyl sites for hydroxylation is 1. The van der Waals surface area contributed by atoms with Crippen molar-refractivity contribution in [1.82, 2.24) is 15.5 Å². The molecule has 7 heteroatoms. The van der Waals surface area contributed by atoms with E-state index in [4.69, 9.17) is 8.94 Å². The predicted molar refractivity (Wildman–Crippen MR) is 78.8 cm³/mol. The van der Waals surface area contributed by atoms with Gasteiger partial charge >= 0.3 is 0 Å². The summed E-state index contributed by atoms with van der Waals surface area (Å²) in [6.45, 7) is 4.28. The van der Waals surface area contributed by atoms with Crippen LogP contribution in [-0.4, -0.2) is 33.8 Å². The lowest BCUT2D eigenvalue weighted by atomic mass is 10.0. The van der Waals surface area contributed by atoms with E-state index >= 15 is 0 Å².